The fourth-order valence-electron chi connectivity index (χ4n) is 1.59. The highest BCUT2D eigenvalue weighted by atomic mass is 32.1. The van der Waals surface area contributed by atoms with Crippen molar-refractivity contribution >= 4 is 23.4 Å². The minimum Gasteiger partial charge on any atom is -0.463 e. The topological polar surface area (TPSA) is 26.3 Å². The molecule has 0 radical (unpaired) electrons. The zero-order chi connectivity index (χ0) is 15.7. The number of esters is 1. The Hall–Kier alpha value is -1.87. The summed E-state index contributed by atoms with van der Waals surface area (Å²) >= 11 is 1.74. The van der Waals surface area contributed by atoms with E-state index in [2.05, 4.69) is 30.5 Å². The molecule has 0 spiro atoms. The van der Waals surface area contributed by atoms with Crippen molar-refractivity contribution in [1.29, 1.82) is 0 Å². The molecule has 0 saturated carbocycles. The summed E-state index contributed by atoms with van der Waals surface area (Å²) in [5.41, 5.74) is 3.33. The molecule has 1 aromatic heterocycles. The van der Waals surface area contributed by atoms with Crippen molar-refractivity contribution in [2.24, 2.45) is 0 Å². The molecule has 0 aliphatic heterocycles. The molecule has 0 aliphatic carbocycles. The Morgan fingerprint density at radius 2 is 2.05 bits per heavy atom. The molecule has 0 saturated heterocycles. The Balaban J connectivity index is 2.59. The van der Waals surface area contributed by atoms with Crippen LogP contribution in [0.4, 0.5) is 0 Å². The van der Waals surface area contributed by atoms with E-state index in [-0.39, 0.29) is 5.97 Å². The molecule has 2 nitrogen and oxygen atoms in total. The lowest BCUT2D eigenvalue weighted by Gasteiger charge is -1.96. The maximum atomic E-state index is 11.3. The quantitative estimate of drug-likeness (QED) is 0.416. The predicted molar refractivity (Wildman–Crippen MR) is 91.4 cm³/mol. The van der Waals surface area contributed by atoms with Gasteiger partial charge in [0.25, 0.3) is 0 Å². The van der Waals surface area contributed by atoms with Crippen LogP contribution in [0.1, 0.15) is 31.2 Å². The number of rotatable bonds is 6. The van der Waals surface area contributed by atoms with Gasteiger partial charge in [0.15, 0.2) is 0 Å². The second-order valence-corrected chi connectivity index (χ2v) is 5.66. The van der Waals surface area contributed by atoms with Gasteiger partial charge in [0.2, 0.25) is 0 Å². The van der Waals surface area contributed by atoms with Crippen LogP contribution in [0.2, 0.25) is 0 Å². The SMILES string of the molecule is CCOC(=O)/C=C(\C)C=CC=C(C)C=Cc1sccc1C. The highest BCUT2D eigenvalue weighted by Crippen LogP contribution is 2.17. The molecule has 21 heavy (non-hydrogen) atoms. The van der Waals surface area contributed by atoms with Crippen molar-refractivity contribution in [3.05, 3.63) is 63.4 Å². The predicted octanol–water partition coefficient (Wildman–Crippen LogP) is 5.08. The van der Waals surface area contributed by atoms with Gasteiger partial charge in [-0.15, -0.1) is 11.3 Å². The standard InChI is InChI=1S/C18H22O2S/c1-5-20-18(19)13-15(3)8-6-7-14(2)9-10-17-16(4)11-12-21-17/h6-13H,5H2,1-4H3/b8-6?,10-9?,14-7?,15-13+. The molecule has 1 rings (SSSR count). The normalized spacial score (nSPS) is 13.3. The summed E-state index contributed by atoms with van der Waals surface area (Å²) < 4.78 is 4.86. The average molecular weight is 302 g/mol. The zero-order valence-corrected chi connectivity index (χ0v) is 13.9. The van der Waals surface area contributed by atoms with Gasteiger partial charge in [-0.2, -0.15) is 0 Å². The van der Waals surface area contributed by atoms with Gasteiger partial charge in [-0.3, -0.25) is 0 Å². The van der Waals surface area contributed by atoms with Crippen LogP contribution >= 0.6 is 11.3 Å². The maximum Gasteiger partial charge on any atom is 0.330 e. The van der Waals surface area contributed by atoms with Crippen LogP contribution in [-0.2, 0) is 9.53 Å². The Morgan fingerprint density at radius 1 is 1.29 bits per heavy atom. The Bertz CT molecular complexity index is 586. The van der Waals surface area contributed by atoms with Gasteiger partial charge in [0, 0.05) is 11.0 Å². The van der Waals surface area contributed by atoms with E-state index < -0.39 is 0 Å². The highest BCUT2D eigenvalue weighted by molar-refractivity contribution is 7.11. The van der Waals surface area contributed by atoms with Crippen molar-refractivity contribution in [2.45, 2.75) is 27.7 Å². The molecule has 0 fully saturated rings. The Morgan fingerprint density at radius 3 is 2.67 bits per heavy atom. The average Bonchev–Trinajstić information content (AvgIpc) is 2.82. The van der Waals surface area contributed by atoms with Crippen LogP contribution in [0.15, 0.2) is 53.0 Å². The number of hydrogen-bond acceptors (Lipinski definition) is 3. The lowest BCUT2D eigenvalue weighted by Crippen LogP contribution is -1.99. The van der Waals surface area contributed by atoms with E-state index in [4.69, 9.17) is 4.74 Å². The van der Waals surface area contributed by atoms with Gasteiger partial charge in [-0.25, -0.2) is 4.79 Å². The van der Waals surface area contributed by atoms with Crippen LogP contribution in [-0.4, -0.2) is 12.6 Å². The molecule has 0 amide bonds. The highest BCUT2D eigenvalue weighted by Gasteiger charge is 1.95. The first-order chi connectivity index (χ1) is 10.0. The van der Waals surface area contributed by atoms with Crippen LogP contribution < -0.4 is 0 Å². The monoisotopic (exact) mass is 302 g/mol. The van der Waals surface area contributed by atoms with Crippen LogP contribution in [0.5, 0.6) is 0 Å². The first-order valence-electron chi connectivity index (χ1n) is 6.95. The molecular weight excluding hydrogens is 280 g/mol. The third kappa shape index (κ3) is 6.91. The van der Waals surface area contributed by atoms with E-state index in [1.807, 2.05) is 32.1 Å². The molecule has 0 N–H and O–H groups in total. The molecular formula is C18H22O2S. The molecule has 112 valence electrons. The van der Waals surface area contributed by atoms with Crippen LogP contribution in [0.3, 0.4) is 0 Å². The lowest BCUT2D eigenvalue weighted by molar-refractivity contribution is -0.137. The number of aryl methyl sites for hydroxylation is 1. The minimum absolute atomic E-state index is 0.298. The van der Waals surface area contributed by atoms with Crippen molar-refractivity contribution in [2.75, 3.05) is 6.61 Å². The number of carbonyl (C=O) groups excluding carboxylic acids is 1. The molecule has 1 heterocycles. The summed E-state index contributed by atoms with van der Waals surface area (Å²) in [6, 6.07) is 2.12. The summed E-state index contributed by atoms with van der Waals surface area (Å²) in [6.07, 6.45) is 11.6. The molecule has 0 unspecified atom stereocenters. The van der Waals surface area contributed by atoms with Gasteiger partial charge in [0.05, 0.1) is 6.61 Å². The van der Waals surface area contributed by atoms with E-state index in [0.29, 0.717) is 6.61 Å². The lowest BCUT2D eigenvalue weighted by atomic mass is 10.2. The summed E-state index contributed by atoms with van der Waals surface area (Å²) in [6.45, 7) is 8.23. The van der Waals surface area contributed by atoms with E-state index in [1.165, 1.54) is 16.5 Å². The summed E-state index contributed by atoms with van der Waals surface area (Å²) in [5.74, 6) is -0.298. The van der Waals surface area contributed by atoms with E-state index >= 15 is 0 Å². The first-order valence-corrected chi connectivity index (χ1v) is 7.83. The zero-order valence-electron chi connectivity index (χ0n) is 13.1. The molecule has 0 aliphatic rings. The number of ether oxygens (including phenoxy) is 1. The second kappa shape index (κ2) is 9.14. The number of hydrogen-bond donors (Lipinski definition) is 0. The smallest absolute Gasteiger partial charge is 0.330 e. The largest absolute Gasteiger partial charge is 0.463 e. The molecule has 0 bridgehead atoms. The van der Waals surface area contributed by atoms with Crippen molar-refractivity contribution in [3.8, 4) is 0 Å². The molecule has 1 aromatic rings. The van der Waals surface area contributed by atoms with Gasteiger partial charge in [-0.1, -0.05) is 29.9 Å². The fraction of sp³-hybridized carbons (Fsp3) is 0.278. The number of allylic oxidation sites excluding steroid dienone is 6. The summed E-state index contributed by atoms with van der Waals surface area (Å²) in [7, 11) is 0. The van der Waals surface area contributed by atoms with Crippen molar-refractivity contribution in [1.82, 2.24) is 0 Å². The van der Waals surface area contributed by atoms with Crippen LogP contribution in [0, 0.1) is 6.92 Å². The van der Waals surface area contributed by atoms with E-state index in [1.54, 1.807) is 18.3 Å². The summed E-state index contributed by atoms with van der Waals surface area (Å²) in [4.78, 5) is 12.5. The summed E-state index contributed by atoms with van der Waals surface area (Å²) in [5, 5.41) is 2.09. The first kappa shape index (κ1) is 17.2. The third-order valence-electron chi connectivity index (χ3n) is 2.75. The van der Waals surface area contributed by atoms with Gasteiger partial charge in [-0.05, 0) is 56.4 Å². The Labute approximate surface area is 131 Å². The maximum absolute atomic E-state index is 11.3. The van der Waals surface area contributed by atoms with E-state index in [9.17, 15) is 4.79 Å². The van der Waals surface area contributed by atoms with Crippen LogP contribution in [0.25, 0.3) is 6.08 Å². The van der Waals surface area contributed by atoms with Gasteiger partial charge >= 0.3 is 5.97 Å². The van der Waals surface area contributed by atoms with E-state index in [0.717, 1.165) is 11.1 Å². The molecule has 0 aromatic carbocycles. The minimum atomic E-state index is -0.298. The Kier molecular flexibility index (Phi) is 7.48. The molecule has 3 heteroatoms. The second-order valence-electron chi connectivity index (χ2n) is 4.71. The molecule has 0 atom stereocenters. The number of thiophene rings is 1. The van der Waals surface area contributed by atoms with Crippen molar-refractivity contribution in [3.63, 3.8) is 0 Å². The van der Waals surface area contributed by atoms with Gasteiger partial charge < -0.3 is 4.74 Å². The van der Waals surface area contributed by atoms with Gasteiger partial charge in [0.1, 0.15) is 0 Å². The fourth-order valence-corrected chi connectivity index (χ4v) is 2.41. The third-order valence-corrected chi connectivity index (χ3v) is 3.73. The number of carbonyl (C=O) groups is 1. The van der Waals surface area contributed by atoms with Crippen molar-refractivity contribution < 1.29 is 9.53 Å².